The predicted molar refractivity (Wildman–Crippen MR) is 126 cm³/mol. The van der Waals surface area contributed by atoms with Gasteiger partial charge in [-0.1, -0.05) is 28.1 Å². The molecule has 1 fully saturated rings. The Bertz CT molecular complexity index is 987. The fourth-order valence-corrected chi connectivity index (χ4v) is 3.88. The van der Waals surface area contributed by atoms with Crippen LogP contribution in [0.15, 0.2) is 46.9 Å². The number of halogens is 1. The normalized spacial score (nSPS) is 13.8. The molecule has 9 heteroatoms. The number of ether oxygens (including phenoxy) is 3. The SMILES string of the molecule is CCOC(=O)C1CCN(C(=O)Nc2ccc(Br)cc2C(=O)OCc2ccc(OC)cc2)CC1. The minimum Gasteiger partial charge on any atom is -0.497 e. The van der Waals surface area contributed by atoms with Crippen LogP contribution in [-0.4, -0.2) is 49.7 Å². The molecule has 1 N–H and O–H groups in total. The second kappa shape index (κ2) is 11.7. The number of nitrogens with zero attached hydrogens (tertiary/aromatic N) is 1. The minimum atomic E-state index is -0.552. The number of amides is 2. The van der Waals surface area contributed by atoms with E-state index in [1.54, 1.807) is 49.3 Å². The molecular formula is C24H27BrN2O6. The Morgan fingerprint density at radius 3 is 2.39 bits per heavy atom. The number of piperidine rings is 1. The van der Waals surface area contributed by atoms with Gasteiger partial charge >= 0.3 is 18.0 Å². The first-order valence-electron chi connectivity index (χ1n) is 10.7. The maximum Gasteiger partial charge on any atom is 0.340 e. The summed E-state index contributed by atoms with van der Waals surface area (Å²) in [5.74, 6) is -0.241. The summed E-state index contributed by atoms with van der Waals surface area (Å²) in [7, 11) is 1.58. The average molecular weight is 519 g/mol. The highest BCUT2D eigenvalue weighted by molar-refractivity contribution is 9.10. The smallest absolute Gasteiger partial charge is 0.340 e. The van der Waals surface area contributed by atoms with Gasteiger partial charge in [0.05, 0.1) is 30.9 Å². The molecule has 0 atom stereocenters. The lowest BCUT2D eigenvalue weighted by molar-refractivity contribution is -0.149. The van der Waals surface area contributed by atoms with E-state index in [1.165, 1.54) is 0 Å². The third-order valence-electron chi connectivity index (χ3n) is 5.37. The summed E-state index contributed by atoms with van der Waals surface area (Å²) in [5, 5.41) is 2.80. The molecule has 176 valence electrons. The standard InChI is InChI=1S/C24H27BrN2O6/c1-3-32-22(28)17-10-12-27(13-11-17)24(30)26-21-9-6-18(25)14-20(21)23(29)33-15-16-4-7-19(31-2)8-5-16/h4-9,14,17H,3,10-13,15H2,1-2H3,(H,26,30). The van der Waals surface area contributed by atoms with Crippen molar-refractivity contribution in [3.63, 3.8) is 0 Å². The number of likely N-dealkylation sites (tertiary alicyclic amines) is 1. The monoisotopic (exact) mass is 518 g/mol. The molecule has 0 bridgehead atoms. The number of methoxy groups -OCH3 is 1. The van der Waals surface area contributed by atoms with Gasteiger partial charge in [-0.05, 0) is 55.7 Å². The summed E-state index contributed by atoms with van der Waals surface area (Å²) in [6.07, 6.45) is 1.09. The number of benzene rings is 2. The minimum absolute atomic E-state index is 0.0874. The zero-order chi connectivity index (χ0) is 23.8. The Hall–Kier alpha value is -3.07. The molecule has 0 unspecified atom stereocenters. The van der Waals surface area contributed by atoms with Gasteiger partial charge in [0.15, 0.2) is 0 Å². The zero-order valence-electron chi connectivity index (χ0n) is 18.6. The van der Waals surface area contributed by atoms with Gasteiger partial charge in [-0.25, -0.2) is 9.59 Å². The van der Waals surface area contributed by atoms with Crippen molar-refractivity contribution >= 4 is 39.6 Å². The number of esters is 2. The van der Waals surface area contributed by atoms with Crippen LogP contribution < -0.4 is 10.1 Å². The quantitative estimate of drug-likeness (QED) is 0.537. The van der Waals surface area contributed by atoms with Crippen molar-refractivity contribution in [2.75, 3.05) is 32.1 Å². The Morgan fingerprint density at radius 1 is 1.06 bits per heavy atom. The molecule has 33 heavy (non-hydrogen) atoms. The molecule has 1 saturated heterocycles. The van der Waals surface area contributed by atoms with Gasteiger partial charge in [-0.2, -0.15) is 0 Å². The molecule has 3 rings (SSSR count). The number of carbonyl (C=O) groups excluding carboxylic acids is 3. The Kier molecular flexibility index (Phi) is 8.71. The molecule has 1 aliphatic rings. The highest BCUT2D eigenvalue weighted by atomic mass is 79.9. The number of nitrogens with one attached hydrogen (secondary N) is 1. The number of carbonyl (C=O) groups is 3. The van der Waals surface area contributed by atoms with Crippen LogP contribution in [0.25, 0.3) is 0 Å². The lowest BCUT2D eigenvalue weighted by atomic mass is 9.97. The Labute approximate surface area is 201 Å². The molecule has 0 aromatic heterocycles. The molecule has 8 nitrogen and oxygen atoms in total. The highest BCUT2D eigenvalue weighted by Gasteiger charge is 2.28. The van der Waals surface area contributed by atoms with Crippen molar-refractivity contribution in [1.82, 2.24) is 4.90 Å². The highest BCUT2D eigenvalue weighted by Crippen LogP contribution is 2.25. The number of rotatable bonds is 7. The fraction of sp³-hybridized carbons (Fsp3) is 0.375. The topological polar surface area (TPSA) is 94.2 Å². The predicted octanol–water partition coefficient (Wildman–Crippen LogP) is 4.62. The van der Waals surface area contributed by atoms with Crippen molar-refractivity contribution in [2.45, 2.75) is 26.4 Å². The van der Waals surface area contributed by atoms with Crippen LogP contribution in [0.4, 0.5) is 10.5 Å². The van der Waals surface area contributed by atoms with Crippen LogP contribution in [0, 0.1) is 5.92 Å². The first-order valence-corrected chi connectivity index (χ1v) is 11.5. The first kappa shape index (κ1) is 24.6. The van der Waals surface area contributed by atoms with Gasteiger partial charge in [0, 0.05) is 17.6 Å². The summed E-state index contributed by atoms with van der Waals surface area (Å²) >= 11 is 3.36. The Balaban J connectivity index is 1.61. The molecule has 0 radical (unpaired) electrons. The summed E-state index contributed by atoms with van der Waals surface area (Å²) in [5.41, 5.74) is 1.41. The van der Waals surface area contributed by atoms with Gasteiger partial charge in [0.25, 0.3) is 0 Å². The van der Waals surface area contributed by atoms with E-state index in [0.29, 0.717) is 48.4 Å². The molecule has 0 saturated carbocycles. The maximum atomic E-state index is 12.8. The van der Waals surface area contributed by atoms with Crippen molar-refractivity contribution in [3.05, 3.63) is 58.1 Å². The molecule has 1 heterocycles. The number of urea groups is 1. The first-order chi connectivity index (χ1) is 15.9. The van der Waals surface area contributed by atoms with Crippen LogP contribution in [0.3, 0.4) is 0 Å². The van der Waals surface area contributed by atoms with Crippen LogP contribution >= 0.6 is 15.9 Å². The molecule has 0 spiro atoms. The average Bonchev–Trinajstić information content (AvgIpc) is 2.84. The van der Waals surface area contributed by atoms with E-state index in [2.05, 4.69) is 21.2 Å². The number of hydrogen-bond donors (Lipinski definition) is 1. The van der Waals surface area contributed by atoms with E-state index < -0.39 is 5.97 Å². The third-order valence-corrected chi connectivity index (χ3v) is 5.87. The van der Waals surface area contributed by atoms with E-state index in [4.69, 9.17) is 14.2 Å². The fourth-order valence-electron chi connectivity index (χ4n) is 3.52. The van der Waals surface area contributed by atoms with Crippen LogP contribution in [0.5, 0.6) is 5.75 Å². The second-order valence-corrected chi connectivity index (χ2v) is 8.47. The molecule has 2 aromatic carbocycles. The van der Waals surface area contributed by atoms with Crippen LogP contribution in [0.1, 0.15) is 35.7 Å². The van der Waals surface area contributed by atoms with Crippen molar-refractivity contribution in [1.29, 1.82) is 0 Å². The van der Waals surface area contributed by atoms with Crippen molar-refractivity contribution in [3.8, 4) is 5.75 Å². The molecule has 0 aliphatic carbocycles. The summed E-state index contributed by atoms with van der Waals surface area (Å²) in [6.45, 7) is 3.08. The molecule has 2 aromatic rings. The zero-order valence-corrected chi connectivity index (χ0v) is 20.2. The van der Waals surface area contributed by atoms with E-state index in [1.807, 2.05) is 12.1 Å². The van der Waals surface area contributed by atoms with Crippen LogP contribution in [0.2, 0.25) is 0 Å². The summed E-state index contributed by atoms with van der Waals surface area (Å²) in [4.78, 5) is 39.1. The van der Waals surface area contributed by atoms with Gasteiger partial charge in [-0.3, -0.25) is 4.79 Å². The molecular weight excluding hydrogens is 492 g/mol. The lowest BCUT2D eigenvalue weighted by Gasteiger charge is -2.31. The van der Waals surface area contributed by atoms with Gasteiger partial charge in [-0.15, -0.1) is 0 Å². The van der Waals surface area contributed by atoms with Crippen molar-refractivity contribution < 1.29 is 28.6 Å². The summed E-state index contributed by atoms with van der Waals surface area (Å²) in [6, 6.07) is 11.9. The Morgan fingerprint density at radius 2 is 1.76 bits per heavy atom. The van der Waals surface area contributed by atoms with E-state index in [9.17, 15) is 14.4 Å². The van der Waals surface area contributed by atoms with E-state index in [-0.39, 0.29) is 30.1 Å². The van der Waals surface area contributed by atoms with E-state index in [0.717, 1.165) is 5.56 Å². The van der Waals surface area contributed by atoms with Gasteiger partial charge in [0.1, 0.15) is 12.4 Å². The number of anilines is 1. The lowest BCUT2D eigenvalue weighted by Crippen LogP contribution is -2.43. The van der Waals surface area contributed by atoms with Crippen LogP contribution in [-0.2, 0) is 20.9 Å². The second-order valence-electron chi connectivity index (χ2n) is 7.56. The van der Waals surface area contributed by atoms with Crippen molar-refractivity contribution in [2.24, 2.45) is 5.92 Å². The molecule has 2 amide bonds. The van der Waals surface area contributed by atoms with Gasteiger partial charge < -0.3 is 24.4 Å². The molecule has 1 aliphatic heterocycles. The van der Waals surface area contributed by atoms with Gasteiger partial charge in [0.2, 0.25) is 0 Å². The van der Waals surface area contributed by atoms with E-state index >= 15 is 0 Å². The maximum absolute atomic E-state index is 12.8. The largest absolute Gasteiger partial charge is 0.497 e. The summed E-state index contributed by atoms with van der Waals surface area (Å²) < 4.78 is 16.3. The third kappa shape index (κ3) is 6.71. The number of hydrogen-bond acceptors (Lipinski definition) is 6.